The van der Waals surface area contributed by atoms with E-state index in [4.69, 9.17) is 60.6 Å². The molecule has 546 valence electrons. The van der Waals surface area contributed by atoms with Crippen LogP contribution in [0.5, 0.6) is 17.2 Å². The van der Waals surface area contributed by atoms with Crippen LogP contribution in [0.15, 0.2) is 130 Å². The minimum atomic E-state index is -0.799. The highest BCUT2D eigenvalue weighted by atomic mass is 79.9. The molecular weight excluding hydrogens is 1640 g/mol. The second-order valence-electron chi connectivity index (χ2n) is 23.4. The zero-order valence-electron chi connectivity index (χ0n) is 56.2. The van der Waals surface area contributed by atoms with Gasteiger partial charge >= 0.3 is 9.28 Å². The summed E-state index contributed by atoms with van der Waals surface area (Å²) in [6.45, 7) is 20.7. The quantitative estimate of drug-likeness (QED) is 0.0552. The Bertz CT molecular complexity index is 4710. The molecule has 0 unspecified atom stereocenters. The minimum absolute atomic E-state index is 0.00307. The number of piperazine rings is 3. The van der Waals surface area contributed by atoms with Gasteiger partial charge in [-0.05, 0) is 105 Å². The number of aromatic hydroxyl groups is 1. The van der Waals surface area contributed by atoms with E-state index in [1.165, 1.54) is 100.0 Å². The summed E-state index contributed by atoms with van der Waals surface area (Å²) >= 11 is 33.0. The molecule has 12 rings (SSSR count). The largest absolute Gasteiger partial charge is 0.507 e. The van der Waals surface area contributed by atoms with Crippen LogP contribution in [0.2, 0.25) is 15.1 Å². The number of halogens is 13. The molecule has 6 heterocycles. The Morgan fingerprint density at radius 2 is 0.798 bits per heavy atom. The molecule has 34 heteroatoms. The maximum absolute atomic E-state index is 15.6. The molecule has 6 aromatic carbocycles. The van der Waals surface area contributed by atoms with Crippen LogP contribution in [0.1, 0.15) is 20.8 Å². The van der Waals surface area contributed by atoms with Crippen molar-refractivity contribution < 1.29 is 64.8 Å². The van der Waals surface area contributed by atoms with Crippen LogP contribution in [0.25, 0.3) is 66.1 Å². The topological polar surface area (TPSA) is 213 Å². The summed E-state index contributed by atoms with van der Waals surface area (Å²) in [7, 11) is 2.81. The van der Waals surface area contributed by atoms with E-state index in [0.29, 0.717) is 96.0 Å². The number of amides is 3. The first-order valence-electron chi connectivity index (χ1n) is 31.3. The second kappa shape index (κ2) is 36.5. The fraction of sp³-hybridized carbons (Fsp3) is 0.257. The maximum Gasteiger partial charge on any atom is 0.410 e. The molecule has 1 N–H and O–H groups in total. The molecule has 3 fully saturated rings. The molecule has 0 atom stereocenters. The van der Waals surface area contributed by atoms with Gasteiger partial charge in [0.2, 0.25) is 17.1 Å². The Labute approximate surface area is 639 Å². The van der Waals surface area contributed by atoms with E-state index in [1.54, 1.807) is 26.8 Å². The van der Waals surface area contributed by atoms with Crippen molar-refractivity contribution in [1.29, 1.82) is 0 Å². The smallest absolute Gasteiger partial charge is 0.410 e. The van der Waals surface area contributed by atoms with E-state index in [-0.39, 0.29) is 113 Å². The lowest BCUT2D eigenvalue weighted by molar-refractivity contribution is -0.127. The third-order valence-corrected chi connectivity index (χ3v) is 17.3. The Morgan fingerprint density at radius 3 is 1.09 bits per heavy atom. The van der Waals surface area contributed by atoms with Crippen LogP contribution in [-0.4, -0.2) is 174 Å². The van der Waals surface area contributed by atoms with Crippen LogP contribution in [0.3, 0.4) is 0 Å². The predicted molar refractivity (Wildman–Crippen MR) is 406 cm³/mol. The van der Waals surface area contributed by atoms with Crippen molar-refractivity contribution in [3.05, 3.63) is 180 Å². The van der Waals surface area contributed by atoms with Crippen molar-refractivity contribution in [2.24, 2.45) is 0 Å². The molecule has 0 spiro atoms. The molecule has 0 aliphatic carbocycles. The number of carbonyl (C=O) groups excluding carboxylic acids is 4. The van der Waals surface area contributed by atoms with Gasteiger partial charge in [-0.25, -0.2) is 61.0 Å². The van der Waals surface area contributed by atoms with Crippen LogP contribution < -0.4 is 24.2 Å². The van der Waals surface area contributed by atoms with Crippen molar-refractivity contribution in [1.82, 2.24) is 44.6 Å². The fourth-order valence-electron chi connectivity index (χ4n) is 11.3. The third-order valence-electron chi connectivity index (χ3n) is 16.1. The highest BCUT2D eigenvalue weighted by Crippen LogP contribution is 2.46. The van der Waals surface area contributed by atoms with E-state index in [9.17, 15) is 37.5 Å². The number of hydrogen-bond acceptors (Lipinski definition) is 17. The lowest BCUT2D eigenvalue weighted by Gasteiger charge is -2.36. The number of carbonyl (C=O) groups is 4. The van der Waals surface area contributed by atoms with Gasteiger partial charge in [0.15, 0.2) is 17.5 Å². The number of benzene rings is 6. The van der Waals surface area contributed by atoms with Gasteiger partial charge in [0.1, 0.15) is 76.7 Å². The molecular formula is C70H64BBr3Cl4F6N12O8. The fourth-order valence-corrected chi connectivity index (χ4v) is 12.0. The van der Waals surface area contributed by atoms with Crippen LogP contribution >= 0.6 is 93.7 Å². The highest BCUT2D eigenvalue weighted by Gasteiger charge is 2.32. The van der Waals surface area contributed by atoms with E-state index in [2.05, 4.69) is 96.9 Å². The number of ether oxygens (including phenoxy) is 3. The van der Waals surface area contributed by atoms with Gasteiger partial charge in [-0.2, -0.15) is 0 Å². The molecule has 0 saturated carbocycles. The molecule has 3 amide bonds. The lowest BCUT2D eigenvalue weighted by atomic mass is 10.0. The Kier molecular flexibility index (Phi) is 28.5. The standard InChI is InChI=1S/C24H25ClF2N4O3.C22H19ClF2N4O2.C21H17ClF2N4O2.C3H3ClO.BBr3/c1-24(2,3)34-23(32)31-10-8-30(9-11-31)22-19-16(28-13-29-22)12-14(20(25)21(19)27)18-15(26)6-5-7-17(18)33-4;1-3-17(30)28-7-9-29(10-8-28)22-19-15(26-12-27-22)11-13(20(23)21(19)25)18-14(24)5-4-6-16(18)31-2;1-2-16(30)27-6-8-28(9-7-27)21-18-14(25-11-26-21)10-12(19(22)20(18)24)17-13(23)4-3-5-15(17)29;1-2-3(4)5;2-1(3)4/h5-7,12-13H,8-11H2,1-4H3;3-6,11-12H,1,7-10H2,2H3;2-5,10-11,29H,1,6-9H2;2H,1H2;. The molecule has 3 aliphatic rings. The molecule has 3 saturated heterocycles. The predicted octanol–water partition coefficient (Wildman–Crippen LogP) is 16.2. The van der Waals surface area contributed by atoms with Gasteiger partial charge in [-0.3, -0.25) is 14.4 Å². The van der Waals surface area contributed by atoms with Gasteiger partial charge in [0.25, 0.3) is 0 Å². The summed E-state index contributed by atoms with van der Waals surface area (Å²) in [5.41, 5.74) is 0.421. The number of phenols is 1. The normalized spacial score (nSPS) is 13.6. The number of nitrogens with zero attached hydrogens (tertiary/aromatic N) is 12. The van der Waals surface area contributed by atoms with Crippen molar-refractivity contribution >= 4 is 170 Å². The van der Waals surface area contributed by atoms with Crippen molar-refractivity contribution in [2.75, 3.05) is 107 Å². The third kappa shape index (κ3) is 19.1. The first-order valence-corrected chi connectivity index (χ1v) is 35.6. The van der Waals surface area contributed by atoms with Gasteiger partial charge in [-0.1, -0.05) is 72.7 Å². The molecule has 20 nitrogen and oxygen atoms in total. The Hall–Kier alpha value is -8.52. The summed E-state index contributed by atoms with van der Waals surface area (Å²) in [5, 5.41) is 9.13. The molecule has 3 aliphatic heterocycles. The summed E-state index contributed by atoms with van der Waals surface area (Å²) in [4.78, 5) is 81.3. The molecule has 0 bridgehead atoms. The minimum Gasteiger partial charge on any atom is -0.507 e. The number of methoxy groups -OCH3 is 2. The molecule has 9 aromatic rings. The van der Waals surface area contributed by atoms with Crippen LogP contribution in [0.4, 0.5) is 48.6 Å². The average molecular weight is 1710 g/mol. The number of fused-ring (bicyclic) bond motifs is 3. The first kappa shape index (κ1) is 81.2. The van der Waals surface area contributed by atoms with Crippen LogP contribution in [0, 0.1) is 34.9 Å². The number of hydrogen-bond donors (Lipinski definition) is 1. The number of phenolic OH excluding ortho intramolecular Hbond substituents is 1. The van der Waals surface area contributed by atoms with Crippen LogP contribution in [-0.2, 0) is 19.1 Å². The number of allylic oxidation sites excluding steroid dienone is 1. The van der Waals surface area contributed by atoms with E-state index in [1.807, 2.05) is 35.5 Å². The maximum atomic E-state index is 15.6. The zero-order chi connectivity index (χ0) is 76.0. The molecule has 0 radical (unpaired) electrons. The summed E-state index contributed by atoms with van der Waals surface area (Å²) in [6.07, 6.45) is 7.13. The number of aromatic nitrogens is 6. The zero-order valence-corrected chi connectivity index (χ0v) is 63.9. The van der Waals surface area contributed by atoms with Crippen molar-refractivity contribution in [3.63, 3.8) is 0 Å². The van der Waals surface area contributed by atoms with Gasteiger partial charge < -0.3 is 48.7 Å². The number of rotatable bonds is 11. The SMILES string of the molecule is BrB(Br)Br.C=CC(=O)Cl.C=CC(=O)N1CCN(c2ncnc3cc(-c4c(F)cccc4OC)c(Cl)c(F)c23)CC1.C=CC(=O)N1CCN(c2ncnc3cc(-c4c(O)cccc4F)c(Cl)c(F)c23)CC1.COc1cccc(F)c1-c1cc2ncnc(N3CCN(C(=O)OC(C)(C)C)CC3)c2c(F)c1Cl. The average Bonchev–Trinajstić information content (AvgIpc) is 0.766. The number of anilines is 3. The Morgan fingerprint density at radius 1 is 0.500 bits per heavy atom. The lowest BCUT2D eigenvalue weighted by Crippen LogP contribution is -2.50. The summed E-state index contributed by atoms with van der Waals surface area (Å²) in [5.74, 6) is -3.30. The second-order valence-corrected chi connectivity index (χ2v) is 31.4. The van der Waals surface area contributed by atoms with E-state index >= 15 is 13.2 Å². The van der Waals surface area contributed by atoms with Gasteiger partial charge in [-0.15, -0.1) is 47.3 Å². The van der Waals surface area contributed by atoms with E-state index < -0.39 is 51.8 Å². The first-order chi connectivity index (χ1) is 49.5. The van der Waals surface area contributed by atoms with Crippen molar-refractivity contribution in [3.8, 4) is 50.6 Å². The summed E-state index contributed by atoms with van der Waals surface area (Å²) in [6, 6.07) is 17.0. The molecule has 104 heavy (non-hydrogen) atoms. The van der Waals surface area contributed by atoms with E-state index in [0.717, 1.165) is 12.1 Å². The summed E-state index contributed by atoms with van der Waals surface area (Å²) < 4.78 is 106. The molecule has 3 aromatic heterocycles. The Balaban J connectivity index is 0.000000186. The highest BCUT2D eigenvalue weighted by molar-refractivity contribution is 9.69. The van der Waals surface area contributed by atoms with Crippen molar-refractivity contribution in [2.45, 2.75) is 26.4 Å². The van der Waals surface area contributed by atoms with Gasteiger partial charge in [0, 0.05) is 95.2 Å². The van der Waals surface area contributed by atoms with Gasteiger partial charge in [0.05, 0.1) is 78.7 Å². The monoisotopic (exact) mass is 1700 g/mol.